The number of allylic oxidation sites excluding steroid dienone is 2. The fourth-order valence-corrected chi connectivity index (χ4v) is 7.59. The lowest BCUT2D eigenvalue weighted by atomic mass is 9.88. The average Bonchev–Trinajstić information content (AvgIpc) is 3.01. The number of aromatic nitrogens is 1. The fourth-order valence-electron chi connectivity index (χ4n) is 5.68. The van der Waals surface area contributed by atoms with Crippen LogP contribution in [0.15, 0.2) is 67.0 Å². The van der Waals surface area contributed by atoms with E-state index in [1.165, 1.54) is 6.08 Å². The van der Waals surface area contributed by atoms with Gasteiger partial charge in [0.2, 0.25) is 5.91 Å². The van der Waals surface area contributed by atoms with Crippen molar-refractivity contribution in [1.82, 2.24) is 10.3 Å². The Labute approximate surface area is 248 Å². The van der Waals surface area contributed by atoms with Crippen LogP contribution in [0.4, 0.5) is 0 Å². The highest BCUT2D eigenvalue weighted by molar-refractivity contribution is 7.93. The van der Waals surface area contributed by atoms with Gasteiger partial charge in [-0.1, -0.05) is 61.7 Å². The highest BCUT2D eigenvalue weighted by Gasteiger charge is 2.55. The Kier molecular flexibility index (Phi) is 11.5. The van der Waals surface area contributed by atoms with Crippen molar-refractivity contribution in [3.63, 3.8) is 0 Å². The SMILES string of the molecule is NC(=O)C1(S(=O)(=O)CCCO)C=CC(c2ccc(CCCNC[C@H](O)c3cccnc3)cc2)=CC1OC1CCCCC1. The van der Waals surface area contributed by atoms with E-state index in [1.807, 2.05) is 30.3 Å². The number of aliphatic hydroxyl groups excluding tert-OH is 2. The number of carbonyl (C=O) groups is 1. The predicted molar refractivity (Wildman–Crippen MR) is 163 cm³/mol. The van der Waals surface area contributed by atoms with E-state index in [2.05, 4.69) is 10.3 Å². The summed E-state index contributed by atoms with van der Waals surface area (Å²) in [6.45, 7) is 0.910. The van der Waals surface area contributed by atoms with Gasteiger partial charge in [0.15, 0.2) is 14.6 Å². The largest absolute Gasteiger partial charge is 0.396 e. The van der Waals surface area contributed by atoms with Crippen molar-refractivity contribution in [3.05, 3.63) is 83.7 Å². The van der Waals surface area contributed by atoms with Crippen LogP contribution in [0, 0.1) is 0 Å². The van der Waals surface area contributed by atoms with E-state index in [9.17, 15) is 23.4 Å². The normalized spacial score (nSPS) is 22.0. The molecular weight excluding hydrogens is 554 g/mol. The van der Waals surface area contributed by atoms with Gasteiger partial charge in [-0.3, -0.25) is 9.78 Å². The molecule has 10 heteroatoms. The average molecular weight is 598 g/mol. The zero-order valence-electron chi connectivity index (χ0n) is 24.0. The topological polar surface area (TPSA) is 152 Å². The Morgan fingerprint density at radius 2 is 1.90 bits per heavy atom. The number of ether oxygens (including phenoxy) is 1. The molecule has 2 aliphatic carbocycles. The second-order valence-corrected chi connectivity index (χ2v) is 13.4. The quantitative estimate of drug-likeness (QED) is 0.229. The summed E-state index contributed by atoms with van der Waals surface area (Å²) in [6, 6.07) is 11.7. The summed E-state index contributed by atoms with van der Waals surface area (Å²) in [5.74, 6) is -1.33. The Balaban J connectivity index is 1.43. The molecule has 2 aliphatic rings. The molecule has 1 heterocycles. The standard InChI is InChI=1S/C32H43N3O6S/c33-31(38)32(42(39,40)20-6-19-36)16-15-26(21-30(32)41-28-9-2-1-3-10-28)25-13-11-24(12-14-25)7-4-17-35-23-29(37)27-8-5-18-34-22-27/h5,8,11-16,18,21-22,28-30,35-37H,1-4,6-7,9-10,17,19-20,23H2,(H2,33,38)/t29-,30?,32?/m0/s1. The molecule has 0 bridgehead atoms. The first-order valence-corrected chi connectivity index (χ1v) is 16.5. The molecule has 0 saturated heterocycles. The van der Waals surface area contributed by atoms with Gasteiger partial charge >= 0.3 is 0 Å². The molecule has 1 aromatic carbocycles. The molecule has 1 aromatic heterocycles. The summed E-state index contributed by atoms with van der Waals surface area (Å²) >= 11 is 0. The summed E-state index contributed by atoms with van der Waals surface area (Å²) in [5, 5.41) is 22.8. The van der Waals surface area contributed by atoms with Crippen LogP contribution in [0.5, 0.6) is 0 Å². The molecule has 1 amide bonds. The van der Waals surface area contributed by atoms with E-state index in [4.69, 9.17) is 10.5 Å². The first kappa shape index (κ1) is 32.0. The number of nitrogens with two attached hydrogens (primary N) is 1. The summed E-state index contributed by atoms with van der Waals surface area (Å²) < 4.78 is 31.4. The van der Waals surface area contributed by atoms with Crippen molar-refractivity contribution < 1.29 is 28.2 Å². The third kappa shape index (κ3) is 7.73. The van der Waals surface area contributed by atoms with Gasteiger partial charge in [-0.05, 0) is 67.5 Å². The zero-order chi connectivity index (χ0) is 30.0. The number of aryl methyl sites for hydroxylation is 1. The lowest BCUT2D eigenvalue weighted by Crippen LogP contribution is -2.59. The third-order valence-electron chi connectivity index (χ3n) is 8.14. The third-order valence-corrected chi connectivity index (χ3v) is 10.6. The number of nitrogens with one attached hydrogen (secondary N) is 1. The van der Waals surface area contributed by atoms with Crippen molar-refractivity contribution in [2.75, 3.05) is 25.4 Å². The Hall–Kier alpha value is -2.89. The molecule has 0 aliphatic heterocycles. The van der Waals surface area contributed by atoms with Crippen LogP contribution in [0.1, 0.15) is 67.7 Å². The van der Waals surface area contributed by atoms with Crippen LogP contribution in [0.3, 0.4) is 0 Å². The van der Waals surface area contributed by atoms with Crippen LogP contribution in [-0.4, -0.2) is 71.9 Å². The Morgan fingerprint density at radius 3 is 2.57 bits per heavy atom. The number of sulfone groups is 1. The molecule has 2 unspecified atom stereocenters. The molecule has 228 valence electrons. The van der Waals surface area contributed by atoms with Gasteiger partial charge in [-0.15, -0.1) is 0 Å². The van der Waals surface area contributed by atoms with Gasteiger partial charge in [0.25, 0.3) is 0 Å². The second kappa shape index (κ2) is 15.0. The minimum Gasteiger partial charge on any atom is -0.396 e. The minimum atomic E-state index is -4.07. The molecule has 5 N–H and O–H groups in total. The molecule has 1 fully saturated rings. The van der Waals surface area contributed by atoms with Crippen molar-refractivity contribution in [3.8, 4) is 0 Å². The number of nitrogens with zero attached hydrogens (tertiary/aromatic N) is 1. The highest BCUT2D eigenvalue weighted by atomic mass is 32.2. The maximum Gasteiger partial charge on any atom is 0.245 e. The molecule has 42 heavy (non-hydrogen) atoms. The predicted octanol–water partition coefficient (Wildman–Crippen LogP) is 3.03. The Morgan fingerprint density at radius 1 is 1.14 bits per heavy atom. The van der Waals surface area contributed by atoms with E-state index >= 15 is 0 Å². The second-order valence-electron chi connectivity index (χ2n) is 11.1. The number of carbonyl (C=O) groups excluding carboxylic acids is 1. The lowest BCUT2D eigenvalue weighted by molar-refractivity contribution is -0.123. The molecule has 0 spiro atoms. The maximum absolute atomic E-state index is 13.5. The number of hydrogen-bond donors (Lipinski definition) is 4. The first-order chi connectivity index (χ1) is 20.3. The van der Waals surface area contributed by atoms with Gasteiger partial charge in [-0.25, -0.2) is 8.42 Å². The number of aliphatic hydroxyl groups is 2. The van der Waals surface area contributed by atoms with Gasteiger partial charge in [0, 0.05) is 31.1 Å². The molecule has 2 aromatic rings. The van der Waals surface area contributed by atoms with Crippen LogP contribution in [-0.2, 0) is 25.8 Å². The number of primary amides is 1. The molecule has 1 saturated carbocycles. The number of benzene rings is 1. The number of pyridine rings is 1. The van der Waals surface area contributed by atoms with Crippen LogP contribution in [0.2, 0.25) is 0 Å². The summed E-state index contributed by atoms with van der Waals surface area (Å²) in [4.78, 5) is 16.9. The number of rotatable bonds is 15. The summed E-state index contributed by atoms with van der Waals surface area (Å²) in [6.07, 6.45) is 12.8. The van der Waals surface area contributed by atoms with E-state index in [0.29, 0.717) is 6.54 Å². The molecule has 4 rings (SSSR count). The zero-order valence-corrected chi connectivity index (χ0v) is 24.8. The summed E-state index contributed by atoms with van der Waals surface area (Å²) in [7, 11) is -4.07. The Bertz CT molecular complexity index is 1320. The van der Waals surface area contributed by atoms with Crippen molar-refractivity contribution >= 4 is 21.3 Å². The van der Waals surface area contributed by atoms with Crippen LogP contribution >= 0.6 is 0 Å². The van der Waals surface area contributed by atoms with Crippen molar-refractivity contribution in [1.29, 1.82) is 0 Å². The minimum absolute atomic E-state index is 0.0139. The number of hydrogen-bond acceptors (Lipinski definition) is 8. The lowest BCUT2D eigenvalue weighted by Gasteiger charge is -2.38. The van der Waals surface area contributed by atoms with E-state index in [0.717, 1.165) is 73.8 Å². The van der Waals surface area contributed by atoms with E-state index in [1.54, 1.807) is 30.6 Å². The van der Waals surface area contributed by atoms with Crippen LogP contribution in [0.25, 0.3) is 5.57 Å². The van der Waals surface area contributed by atoms with Gasteiger partial charge in [0.1, 0.15) is 6.10 Å². The van der Waals surface area contributed by atoms with Gasteiger partial charge in [-0.2, -0.15) is 0 Å². The van der Waals surface area contributed by atoms with Crippen molar-refractivity contribution in [2.24, 2.45) is 5.73 Å². The molecule has 0 radical (unpaired) electrons. The highest BCUT2D eigenvalue weighted by Crippen LogP contribution is 2.38. The monoisotopic (exact) mass is 597 g/mol. The van der Waals surface area contributed by atoms with Crippen LogP contribution < -0.4 is 11.1 Å². The summed E-state index contributed by atoms with van der Waals surface area (Å²) in [5.41, 5.74) is 9.40. The maximum atomic E-state index is 13.5. The molecule has 9 nitrogen and oxygen atoms in total. The van der Waals surface area contributed by atoms with Gasteiger partial charge in [0.05, 0.1) is 18.0 Å². The van der Waals surface area contributed by atoms with E-state index in [-0.39, 0.29) is 24.9 Å². The smallest absolute Gasteiger partial charge is 0.245 e. The molecular formula is C32H43N3O6S. The number of amides is 1. The fraction of sp³-hybridized carbons (Fsp3) is 0.500. The van der Waals surface area contributed by atoms with Gasteiger partial charge < -0.3 is 26.0 Å². The molecule has 3 atom stereocenters. The van der Waals surface area contributed by atoms with Crippen molar-refractivity contribution in [2.45, 2.75) is 74.4 Å². The first-order valence-electron chi connectivity index (χ1n) is 14.8. The van der Waals surface area contributed by atoms with E-state index < -0.39 is 32.7 Å².